The van der Waals surface area contributed by atoms with Crippen LogP contribution in [0.2, 0.25) is 0 Å². The van der Waals surface area contributed by atoms with E-state index in [0.29, 0.717) is 19.4 Å². The van der Waals surface area contributed by atoms with Crippen molar-refractivity contribution in [2.45, 2.75) is 51.9 Å². The first-order valence-corrected chi connectivity index (χ1v) is 8.23. The van der Waals surface area contributed by atoms with Gasteiger partial charge in [0.25, 0.3) is 0 Å². The fourth-order valence-corrected chi connectivity index (χ4v) is 3.53. The van der Waals surface area contributed by atoms with Crippen molar-refractivity contribution in [1.29, 1.82) is 0 Å². The van der Waals surface area contributed by atoms with E-state index in [-0.39, 0.29) is 5.91 Å². The van der Waals surface area contributed by atoms with Gasteiger partial charge in [0, 0.05) is 6.54 Å². The molecule has 1 saturated carbocycles. The average Bonchev–Trinajstić information content (AvgIpc) is 2.49. The Hall–Kier alpha value is -1.32. The molecule has 4 nitrogen and oxygen atoms in total. The number of hydrogen-bond acceptors (Lipinski definition) is 2. The average molecular weight is 293 g/mol. The van der Waals surface area contributed by atoms with Crippen LogP contribution in [0.3, 0.4) is 0 Å². The van der Waals surface area contributed by atoms with Gasteiger partial charge in [-0.2, -0.15) is 0 Å². The lowest BCUT2D eigenvalue weighted by molar-refractivity contribution is -0.147. The molecule has 1 amide bonds. The summed E-state index contributed by atoms with van der Waals surface area (Å²) in [6.45, 7) is 2.99. The molecule has 2 atom stereocenters. The number of nitrogens with one attached hydrogen (secondary N) is 1. The Morgan fingerprint density at radius 3 is 2.33 bits per heavy atom. The SMILES string of the molecule is CC1CCC(CCNC(=O)C2CC=CCC2C(=O)O)CC1. The van der Waals surface area contributed by atoms with Gasteiger partial charge in [0.05, 0.1) is 11.8 Å². The van der Waals surface area contributed by atoms with Crippen molar-refractivity contribution in [3.63, 3.8) is 0 Å². The Kier molecular flexibility index (Phi) is 5.83. The number of carboxylic acid groups (broad SMARTS) is 1. The maximum absolute atomic E-state index is 12.2. The van der Waals surface area contributed by atoms with E-state index in [9.17, 15) is 14.7 Å². The number of hydrogen-bond donors (Lipinski definition) is 2. The highest BCUT2D eigenvalue weighted by atomic mass is 16.4. The second-order valence-corrected chi connectivity index (χ2v) is 6.70. The lowest BCUT2D eigenvalue weighted by atomic mass is 9.81. The van der Waals surface area contributed by atoms with Gasteiger partial charge in [-0.05, 0) is 31.1 Å². The number of amides is 1. The van der Waals surface area contributed by atoms with Gasteiger partial charge in [0.1, 0.15) is 0 Å². The van der Waals surface area contributed by atoms with E-state index in [0.717, 1.165) is 18.3 Å². The summed E-state index contributed by atoms with van der Waals surface area (Å²) < 4.78 is 0. The summed E-state index contributed by atoms with van der Waals surface area (Å²) in [5, 5.41) is 12.2. The van der Waals surface area contributed by atoms with E-state index in [1.807, 2.05) is 12.2 Å². The smallest absolute Gasteiger partial charge is 0.307 e. The minimum atomic E-state index is -0.860. The fourth-order valence-electron chi connectivity index (χ4n) is 3.53. The van der Waals surface area contributed by atoms with E-state index >= 15 is 0 Å². The number of aliphatic carboxylic acids is 1. The van der Waals surface area contributed by atoms with Crippen LogP contribution in [0.5, 0.6) is 0 Å². The number of allylic oxidation sites excluding steroid dienone is 2. The molecule has 2 rings (SSSR count). The second-order valence-electron chi connectivity index (χ2n) is 6.70. The van der Waals surface area contributed by atoms with Crippen LogP contribution in [0.25, 0.3) is 0 Å². The molecule has 118 valence electrons. The van der Waals surface area contributed by atoms with Crippen LogP contribution in [0.15, 0.2) is 12.2 Å². The third-order valence-corrected chi connectivity index (χ3v) is 5.07. The maximum atomic E-state index is 12.2. The lowest BCUT2D eigenvalue weighted by Gasteiger charge is -2.27. The Morgan fingerprint density at radius 1 is 1.10 bits per heavy atom. The van der Waals surface area contributed by atoms with E-state index < -0.39 is 17.8 Å². The molecule has 0 saturated heterocycles. The van der Waals surface area contributed by atoms with Gasteiger partial charge in [-0.15, -0.1) is 0 Å². The van der Waals surface area contributed by atoms with Crippen LogP contribution >= 0.6 is 0 Å². The summed E-state index contributed by atoms with van der Waals surface area (Å²) >= 11 is 0. The topological polar surface area (TPSA) is 66.4 Å². The van der Waals surface area contributed by atoms with Crippen molar-refractivity contribution >= 4 is 11.9 Å². The largest absolute Gasteiger partial charge is 0.481 e. The molecule has 0 heterocycles. The zero-order valence-electron chi connectivity index (χ0n) is 12.9. The van der Waals surface area contributed by atoms with Gasteiger partial charge in [0.2, 0.25) is 5.91 Å². The highest BCUT2D eigenvalue weighted by Gasteiger charge is 2.33. The molecule has 2 N–H and O–H groups in total. The number of carboxylic acids is 1. The van der Waals surface area contributed by atoms with Crippen molar-refractivity contribution in [3.05, 3.63) is 12.2 Å². The number of carbonyl (C=O) groups excluding carboxylic acids is 1. The van der Waals surface area contributed by atoms with Crippen LogP contribution in [-0.4, -0.2) is 23.5 Å². The number of carbonyl (C=O) groups is 2. The quantitative estimate of drug-likeness (QED) is 0.766. The molecule has 0 radical (unpaired) electrons. The number of rotatable bonds is 5. The Morgan fingerprint density at radius 2 is 1.71 bits per heavy atom. The van der Waals surface area contributed by atoms with Gasteiger partial charge >= 0.3 is 5.97 Å². The minimum absolute atomic E-state index is 0.0871. The molecule has 4 heteroatoms. The molecule has 2 aliphatic carbocycles. The third-order valence-electron chi connectivity index (χ3n) is 5.07. The molecule has 21 heavy (non-hydrogen) atoms. The zero-order valence-corrected chi connectivity index (χ0v) is 12.9. The summed E-state index contributed by atoms with van der Waals surface area (Å²) in [5.41, 5.74) is 0. The lowest BCUT2D eigenvalue weighted by Crippen LogP contribution is -2.39. The molecular formula is C17H27NO3. The summed E-state index contributed by atoms with van der Waals surface area (Å²) in [7, 11) is 0. The highest BCUT2D eigenvalue weighted by molar-refractivity contribution is 5.85. The molecule has 2 unspecified atom stereocenters. The van der Waals surface area contributed by atoms with Crippen molar-refractivity contribution in [1.82, 2.24) is 5.32 Å². The maximum Gasteiger partial charge on any atom is 0.307 e. The van der Waals surface area contributed by atoms with Crippen LogP contribution in [0.1, 0.15) is 51.9 Å². The van der Waals surface area contributed by atoms with Crippen molar-refractivity contribution in [2.24, 2.45) is 23.7 Å². The van der Waals surface area contributed by atoms with E-state index in [4.69, 9.17) is 0 Å². The first kappa shape index (κ1) is 16.1. The Bertz CT molecular complexity index is 397. The molecule has 0 bridgehead atoms. The first-order chi connectivity index (χ1) is 10.1. The summed E-state index contributed by atoms with van der Waals surface area (Å²) in [6.07, 6.45) is 11.0. The first-order valence-electron chi connectivity index (χ1n) is 8.23. The van der Waals surface area contributed by atoms with Crippen LogP contribution in [0, 0.1) is 23.7 Å². The van der Waals surface area contributed by atoms with Crippen molar-refractivity contribution in [2.75, 3.05) is 6.54 Å². The molecule has 0 aliphatic heterocycles. The fraction of sp³-hybridized carbons (Fsp3) is 0.765. The monoisotopic (exact) mass is 293 g/mol. The molecule has 0 aromatic carbocycles. The van der Waals surface area contributed by atoms with E-state index in [1.54, 1.807) is 0 Å². The Labute approximate surface area is 127 Å². The predicted molar refractivity (Wildman–Crippen MR) is 81.7 cm³/mol. The van der Waals surface area contributed by atoms with Gasteiger partial charge < -0.3 is 10.4 Å². The van der Waals surface area contributed by atoms with Gasteiger partial charge in [-0.3, -0.25) is 9.59 Å². The summed E-state index contributed by atoms with van der Waals surface area (Å²) in [6, 6.07) is 0. The minimum Gasteiger partial charge on any atom is -0.481 e. The third kappa shape index (κ3) is 4.58. The molecule has 0 aromatic rings. The van der Waals surface area contributed by atoms with Crippen molar-refractivity contribution < 1.29 is 14.7 Å². The second kappa shape index (κ2) is 7.62. The normalized spacial score (nSPS) is 32.6. The molecular weight excluding hydrogens is 266 g/mol. The zero-order chi connectivity index (χ0) is 15.2. The van der Waals surface area contributed by atoms with Gasteiger partial charge in [-0.1, -0.05) is 44.8 Å². The standard InChI is InChI=1S/C17H27NO3/c1-12-6-8-13(9-7-12)10-11-18-16(19)14-4-2-3-5-15(14)17(20)21/h2-3,12-15H,4-11H2,1H3,(H,18,19)(H,20,21). The van der Waals surface area contributed by atoms with Crippen molar-refractivity contribution in [3.8, 4) is 0 Å². The van der Waals surface area contributed by atoms with Crippen LogP contribution in [0.4, 0.5) is 0 Å². The summed E-state index contributed by atoms with van der Waals surface area (Å²) in [4.78, 5) is 23.4. The highest BCUT2D eigenvalue weighted by Crippen LogP contribution is 2.30. The van der Waals surface area contributed by atoms with E-state index in [1.165, 1.54) is 25.7 Å². The molecule has 0 aromatic heterocycles. The predicted octanol–water partition coefficient (Wildman–Crippen LogP) is 2.99. The molecule has 2 aliphatic rings. The molecule has 1 fully saturated rings. The van der Waals surface area contributed by atoms with Gasteiger partial charge in [-0.25, -0.2) is 0 Å². The van der Waals surface area contributed by atoms with Crippen LogP contribution in [-0.2, 0) is 9.59 Å². The van der Waals surface area contributed by atoms with E-state index in [2.05, 4.69) is 12.2 Å². The molecule has 0 spiro atoms. The summed E-state index contributed by atoms with van der Waals surface area (Å²) in [5.74, 6) is -0.342. The Balaban J connectivity index is 1.73. The van der Waals surface area contributed by atoms with Gasteiger partial charge in [0.15, 0.2) is 0 Å². The van der Waals surface area contributed by atoms with Crippen LogP contribution < -0.4 is 5.32 Å².